The molecule has 0 aromatic rings. The molecule has 0 atom stereocenters. The van der Waals surface area contributed by atoms with Crippen LogP contribution in [0.4, 0.5) is 0 Å². The molecule has 17 heavy (non-hydrogen) atoms. The van der Waals surface area contributed by atoms with Crippen LogP contribution in [-0.4, -0.2) is 41.2 Å². The van der Waals surface area contributed by atoms with E-state index in [1.807, 2.05) is 11.8 Å². The van der Waals surface area contributed by atoms with Crippen molar-refractivity contribution in [2.75, 3.05) is 25.4 Å². The molecule has 3 nitrogen and oxygen atoms in total. The molecule has 2 aliphatic heterocycles. The van der Waals surface area contributed by atoms with Crippen molar-refractivity contribution in [1.82, 2.24) is 4.90 Å². The van der Waals surface area contributed by atoms with Gasteiger partial charge < -0.3 is 9.64 Å². The molecule has 4 heteroatoms. The Labute approximate surface area is 107 Å². The molecule has 0 bridgehead atoms. The molecule has 1 spiro atoms. The van der Waals surface area contributed by atoms with Gasteiger partial charge in [0, 0.05) is 37.6 Å². The summed E-state index contributed by atoms with van der Waals surface area (Å²) in [6.45, 7) is 2.70. The molecule has 3 rings (SSSR count). The summed E-state index contributed by atoms with van der Waals surface area (Å²) in [6.07, 6.45) is 6.77. The maximum atomic E-state index is 12.3. The Bertz CT molecular complexity index is 286. The fourth-order valence-electron chi connectivity index (χ4n) is 3.28. The van der Waals surface area contributed by atoms with Crippen LogP contribution < -0.4 is 0 Å². The van der Waals surface area contributed by atoms with Crippen molar-refractivity contribution < 1.29 is 9.53 Å². The van der Waals surface area contributed by atoms with Gasteiger partial charge in [-0.15, -0.1) is 11.8 Å². The molecule has 0 N–H and O–H groups in total. The normalized spacial score (nSPS) is 29.1. The van der Waals surface area contributed by atoms with E-state index in [1.54, 1.807) is 0 Å². The number of hydrogen-bond acceptors (Lipinski definition) is 3. The Hall–Kier alpha value is -0.220. The van der Waals surface area contributed by atoms with E-state index in [4.69, 9.17) is 4.74 Å². The molecule has 2 saturated heterocycles. The fourth-order valence-corrected chi connectivity index (χ4v) is 4.46. The van der Waals surface area contributed by atoms with E-state index in [-0.39, 0.29) is 4.93 Å². The first-order valence-corrected chi connectivity index (χ1v) is 7.84. The monoisotopic (exact) mass is 255 g/mol. The van der Waals surface area contributed by atoms with Gasteiger partial charge in [0.15, 0.2) is 0 Å². The van der Waals surface area contributed by atoms with Gasteiger partial charge in [0.1, 0.15) is 4.93 Å². The van der Waals surface area contributed by atoms with E-state index >= 15 is 0 Å². The molecule has 2 heterocycles. The average molecular weight is 255 g/mol. The third kappa shape index (κ3) is 2.34. The number of carbonyl (C=O) groups is 1. The molecule has 0 aromatic heterocycles. The number of thioether (sulfide) groups is 1. The largest absolute Gasteiger partial charge is 0.363 e. The Kier molecular flexibility index (Phi) is 3.35. The molecule has 1 aliphatic carbocycles. The van der Waals surface area contributed by atoms with Gasteiger partial charge in [0.25, 0.3) is 0 Å². The van der Waals surface area contributed by atoms with Gasteiger partial charge in [0.05, 0.1) is 6.61 Å². The van der Waals surface area contributed by atoms with Crippen molar-refractivity contribution in [2.24, 2.45) is 5.92 Å². The minimum atomic E-state index is 0.0620. The highest BCUT2D eigenvalue weighted by Gasteiger charge is 2.41. The van der Waals surface area contributed by atoms with Gasteiger partial charge in [-0.2, -0.15) is 0 Å². The van der Waals surface area contributed by atoms with E-state index in [2.05, 4.69) is 4.90 Å². The lowest BCUT2D eigenvalue weighted by Gasteiger charge is -2.38. The lowest BCUT2D eigenvalue weighted by atomic mass is 10.0. The molecule has 0 aromatic carbocycles. The minimum Gasteiger partial charge on any atom is -0.363 e. The molecular formula is C13H21NO2S. The van der Waals surface area contributed by atoms with Crippen LogP contribution in [0.15, 0.2) is 0 Å². The number of nitrogens with zero attached hydrogens (tertiary/aromatic N) is 1. The fraction of sp³-hybridized carbons (Fsp3) is 0.923. The van der Waals surface area contributed by atoms with Crippen LogP contribution in [0.3, 0.4) is 0 Å². The number of amides is 1. The van der Waals surface area contributed by atoms with E-state index in [1.165, 1.54) is 12.8 Å². The van der Waals surface area contributed by atoms with Gasteiger partial charge in [-0.1, -0.05) is 12.8 Å². The highest BCUT2D eigenvalue weighted by atomic mass is 32.2. The standard InChI is InChI=1S/C13H21NO2S/c15-12(11-3-1-2-4-11)14-7-5-13(6-8-14)16-9-10-17-13/h11H,1-10H2. The third-order valence-electron chi connectivity index (χ3n) is 4.35. The zero-order chi connectivity index (χ0) is 11.7. The van der Waals surface area contributed by atoms with E-state index in [9.17, 15) is 4.79 Å². The van der Waals surface area contributed by atoms with Crippen LogP contribution in [0.25, 0.3) is 0 Å². The number of ether oxygens (including phenoxy) is 1. The summed E-state index contributed by atoms with van der Waals surface area (Å²) in [4.78, 5) is 14.4. The zero-order valence-corrected chi connectivity index (χ0v) is 11.1. The number of rotatable bonds is 1. The molecule has 96 valence electrons. The second-order valence-electron chi connectivity index (χ2n) is 5.41. The van der Waals surface area contributed by atoms with Crippen molar-refractivity contribution in [3.05, 3.63) is 0 Å². The maximum Gasteiger partial charge on any atom is 0.225 e. The molecule has 1 amide bonds. The van der Waals surface area contributed by atoms with Gasteiger partial charge >= 0.3 is 0 Å². The predicted molar refractivity (Wildman–Crippen MR) is 68.9 cm³/mol. The summed E-state index contributed by atoms with van der Waals surface area (Å²) < 4.78 is 5.86. The van der Waals surface area contributed by atoms with Gasteiger partial charge in [-0.3, -0.25) is 4.79 Å². The number of carbonyl (C=O) groups excluding carboxylic acids is 1. The van der Waals surface area contributed by atoms with E-state index in [0.717, 1.165) is 51.1 Å². The van der Waals surface area contributed by atoms with Crippen LogP contribution in [0.5, 0.6) is 0 Å². The van der Waals surface area contributed by atoms with Gasteiger partial charge in [0.2, 0.25) is 5.91 Å². The molecule has 3 fully saturated rings. The SMILES string of the molecule is O=C(C1CCCC1)N1CCC2(CC1)OCCS2. The molecule has 3 aliphatic rings. The van der Waals surface area contributed by atoms with Crippen LogP contribution in [0.1, 0.15) is 38.5 Å². The highest BCUT2D eigenvalue weighted by Crippen LogP contribution is 2.42. The lowest BCUT2D eigenvalue weighted by molar-refractivity contribution is -0.138. The van der Waals surface area contributed by atoms with Crippen molar-refractivity contribution in [3.63, 3.8) is 0 Å². The van der Waals surface area contributed by atoms with Crippen molar-refractivity contribution >= 4 is 17.7 Å². The first kappa shape index (κ1) is 11.8. The first-order chi connectivity index (χ1) is 8.29. The molecule has 1 saturated carbocycles. The van der Waals surface area contributed by atoms with Crippen LogP contribution in [0, 0.1) is 5.92 Å². The Morgan fingerprint density at radius 1 is 1.24 bits per heavy atom. The van der Waals surface area contributed by atoms with Gasteiger partial charge in [-0.25, -0.2) is 0 Å². The summed E-state index contributed by atoms with van der Waals surface area (Å²) in [5, 5.41) is 0. The quantitative estimate of drug-likeness (QED) is 0.720. The first-order valence-electron chi connectivity index (χ1n) is 6.86. The van der Waals surface area contributed by atoms with Crippen molar-refractivity contribution in [3.8, 4) is 0 Å². The Morgan fingerprint density at radius 3 is 2.53 bits per heavy atom. The number of likely N-dealkylation sites (tertiary alicyclic amines) is 1. The number of hydrogen-bond donors (Lipinski definition) is 0. The smallest absolute Gasteiger partial charge is 0.225 e. The van der Waals surface area contributed by atoms with Crippen LogP contribution >= 0.6 is 11.8 Å². The lowest BCUT2D eigenvalue weighted by Crippen LogP contribution is -2.46. The summed E-state index contributed by atoms with van der Waals surface area (Å²) in [5.41, 5.74) is 0. The van der Waals surface area contributed by atoms with Crippen molar-refractivity contribution in [1.29, 1.82) is 0 Å². The Morgan fingerprint density at radius 2 is 1.94 bits per heavy atom. The summed E-state index contributed by atoms with van der Waals surface area (Å²) >= 11 is 1.95. The third-order valence-corrected chi connectivity index (χ3v) is 5.78. The topological polar surface area (TPSA) is 29.5 Å². The summed E-state index contributed by atoms with van der Waals surface area (Å²) in [7, 11) is 0. The second kappa shape index (κ2) is 4.81. The number of piperidine rings is 1. The van der Waals surface area contributed by atoms with Crippen molar-refractivity contribution in [2.45, 2.75) is 43.5 Å². The van der Waals surface area contributed by atoms with Gasteiger partial charge in [-0.05, 0) is 12.8 Å². The van der Waals surface area contributed by atoms with E-state index in [0.29, 0.717) is 11.8 Å². The maximum absolute atomic E-state index is 12.3. The predicted octanol–water partition coefficient (Wildman–Crippen LogP) is 2.26. The minimum absolute atomic E-state index is 0.0620. The second-order valence-corrected chi connectivity index (χ2v) is 6.86. The molecule has 0 unspecified atom stereocenters. The average Bonchev–Trinajstić information content (AvgIpc) is 3.01. The summed E-state index contributed by atoms with van der Waals surface area (Å²) in [6, 6.07) is 0. The summed E-state index contributed by atoms with van der Waals surface area (Å²) in [5.74, 6) is 1.87. The van der Waals surface area contributed by atoms with Crippen LogP contribution in [0.2, 0.25) is 0 Å². The highest BCUT2D eigenvalue weighted by molar-refractivity contribution is 8.00. The van der Waals surface area contributed by atoms with E-state index < -0.39 is 0 Å². The molecule has 0 radical (unpaired) electrons. The zero-order valence-electron chi connectivity index (χ0n) is 10.3. The molecular weight excluding hydrogens is 234 g/mol. The Balaban J connectivity index is 1.55. The van der Waals surface area contributed by atoms with Crippen LogP contribution in [-0.2, 0) is 9.53 Å².